The van der Waals surface area contributed by atoms with Crippen molar-refractivity contribution in [3.05, 3.63) is 29.8 Å². The van der Waals surface area contributed by atoms with Crippen molar-refractivity contribution in [1.29, 1.82) is 0 Å². The van der Waals surface area contributed by atoms with Crippen molar-refractivity contribution in [2.75, 3.05) is 39.5 Å². The topological polar surface area (TPSA) is 48.0 Å². The molecule has 26 heavy (non-hydrogen) atoms. The number of hydrogen-bond donors (Lipinski definition) is 0. The molecule has 1 amide bonds. The van der Waals surface area contributed by atoms with Crippen molar-refractivity contribution < 1.29 is 32.2 Å². The van der Waals surface area contributed by atoms with Gasteiger partial charge in [-0.15, -0.1) is 0 Å². The van der Waals surface area contributed by atoms with Crippen LogP contribution in [0, 0.1) is 5.92 Å². The van der Waals surface area contributed by atoms with Crippen LogP contribution in [0.3, 0.4) is 0 Å². The van der Waals surface area contributed by atoms with Crippen molar-refractivity contribution >= 4 is 5.91 Å². The Kier molecular flexibility index (Phi) is 6.03. The van der Waals surface area contributed by atoms with Gasteiger partial charge in [0.15, 0.2) is 0 Å². The third-order valence-electron chi connectivity index (χ3n) is 4.60. The number of rotatable bonds is 3. The molecule has 1 atom stereocenters. The van der Waals surface area contributed by atoms with E-state index in [-0.39, 0.29) is 11.8 Å². The van der Waals surface area contributed by atoms with Gasteiger partial charge in [-0.25, -0.2) is 0 Å². The number of ether oxygens (including phenoxy) is 3. The number of carbonyl (C=O) groups excluding carboxylic acids is 1. The molecule has 2 aliphatic heterocycles. The maximum atomic E-state index is 12.7. The van der Waals surface area contributed by atoms with Gasteiger partial charge in [0.05, 0.1) is 25.3 Å². The zero-order valence-electron chi connectivity index (χ0n) is 14.3. The minimum absolute atomic E-state index is 0.0476. The molecule has 0 saturated carbocycles. The van der Waals surface area contributed by atoms with Crippen LogP contribution < -0.4 is 4.74 Å². The largest absolute Gasteiger partial charge is 0.486 e. The highest BCUT2D eigenvalue weighted by Gasteiger charge is 2.31. The van der Waals surface area contributed by atoms with Gasteiger partial charge in [0.25, 0.3) is 0 Å². The van der Waals surface area contributed by atoms with E-state index in [0.29, 0.717) is 58.1 Å². The van der Waals surface area contributed by atoms with Crippen molar-refractivity contribution in [2.24, 2.45) is 5.92 Å². The summed E-state index contributed by atoms with van der Waals surface area (Å²) in [5.41, 5.74) is -0.724. The third-order valence-corrected chi connectivity index (χ3v) is 4.60. The van der Waals surface area contributed by atoms with Gasteiger partial charge in [-0.05, 0) is 37.1 Å². The smallest absolute Gasteiger partial charge is 0.416 e. The van der Waals surface area contributed by atoms with E-state index in [2.05, 4.69) is 0 Å². The van der Waals surface area contributed by atoms with E-state index in [1.54, 1.807) is 4.90 Å². The lowest BCUT2D eigenvalue weighted by molar-refractivity contribution is -0.139. The zero-order chi connectivity index (χ0) is 18.6. The van der Waals surface area contributed by atoms with Crippen LogP contribution in [-0.4, -0.2) is 56.4 Å². The Labute approximate surface area is 150 Å². The molecule has 1 aromatic rings. The highest BCUT2D eigenvalue weighted by Crippen LogP contribution is 2.30. The zero-order valence-corrected chi connectivity index (χ0v) is 14.3. The predicted molar refractivity (Wildman–Crippen MR) is 86.8 cm³/mol. The number of halogens is 3. The predicted octanol–water partition coefficient (Wildman–Crippen LogP) is 2.74. The molecule has 8 heteroatoms. The van der Waals surface area contributed by atoms with Gasteiger partial charge in [-0.3, -0.25) is 4.79 Å². The SMILES string of the molecule is O=C(C1CCOCC1)N1CCOC[C@H](Oc2ccc(C(F)(F)F)cc2)C1. The van der Waals surface area contributed by atoms with Gasteiger partial charge < -0.3 is 19.1 Å². The van der Waals surface area contributed by atoms with Crippen LogP contribution in [0.5, 0.6) is 5.75 Å². The standard InChI is InChI=1S/C18H22F3NO4/c19-18(20,21)14-1-3-15(4-2-14)26-16-11-22(7-10-25-12-16)17(23)13-5-8-24-9-6-13/h1-4,13,16H,5-12H2/t16-/m1/s1. The van der Waals surface area contributed by atoms with Gasteiger partial charge in [-0.2, -0.15) is 13.2 Å². The lowest BCUT2D eigenvalue weighted by Crippen LogP contribution is -2.44. The Hall–Kier alpha value is -1.80. The molecule has 144 valence electrons. The quantitative estimate of drug-likeness (QED) is 0.818. The third kappa shape index (κ3) is 4.88. The second-order valence-electron chi connectivity index (χ2n) is 6.51. The Balaban J connectivity index is 1.61. The fourth-order valence-electron chi connectivity index (χ4n) is 3.17. The molecule has 2 fully saturated rings. The molecule has 5 nitrogen and oxygen atoms in total. The Morgan fingerprint density at radius 1 is 1.08 bits per heavy atom. The Morgan fingerprint density at radius 3 is 2.42 bits per heavy atom. The first-order chi connectivity index (χ1) is 12.4. The second kappa shape index (κ2) is 8.26. The average molecular weight is 373 g/mol. The maximum Gasteiger partial charge on any atom is 0.416 e. The first kappa shape index (κ1) is 19.0. The minimum Gasteiger partial charge on any atom is -0.486 e. The molecule has 1 aromatic carbocycles. The van der Waals surface area contributed by atoms with E-state index in [1.165, 1.54) is 12.1 Å². The van der Waals surface area contributed by atoms with E-state index in [9.17, 15) is 18.0 Å². The molecule has 2 heterocycles. The molecule has 0 aromatic heterocycles. The second-order valence-corrected chi connectivity index (χ2v) is 6.51. The van der Waals surface area contributed by atoms with Gasteiger partial charge >= 0.3 is 6.18 Å². The summed E-state index contributed by atoms with van der Waals surface area (Å²) < 4.78 is 54.5. The number of amides is 1. The van der Waals surface area contributed by atoms with E-state index in [1.807, 2.05) is 0 Å². The molecule has 0 N–H and O–H groups in total. The summed E-state index contributed by atoms with van der Waals surface area (Å²) in [6.07, 6.45) is -3.38. The maximum absolute atomic E-state index is 12.7. The van der Waals surface area contributed by atoms with Crippen molar-refractivity contribution in [3.63, 3.8) is 0 Å². The van der Waals surface area contributed by atoms with Gasteiger partial charge in [0.2, 0.25) is 5.91 Å². The molecule has 3 rings (SSSR count). The molecule has 2 saturated heterocycles. The van der Waals surface area contributed by atoms with Crippen molar-refractivity contribution in [3.8, 4) is 5.75 Å². The highest BCUT2D eigenvalue weighted by atomic mass is 19.4. The summed E-state index contributed by atoms with van der Waals surface area (Å²) >= 11 is 0. The highest BCUT2D eigenvalue weighted by molar-refractivity contribution is 5.79. The molecule has 0 unspecified atom stereocenters. The summed E-state index contributed by atoms with van der Waals surface area (Å²) in [5, 5.41) is 0. The summed E-state index contributed by atoms with van der Waals surface area (Å²) in [6, 6.07) is 4.55. The van der Waals surface area contributed by atoms with Crippen LogP contribution in [0.15, 0.2) is 24.3 Å². The minimum atomic E-state index is -4.38. The normalized spacial score (nSPS) is 22.7. The van der Waals surface area contributed by atoms with E-state index in [4.69, 9.17) is 14.2 Å². The lowest BCUT2D eigenvalue weighted by atomic mass is 9.98. The van der Waals surface area contributed by atoms with Gasteiger partial charge in [0.1, 0.15) is 11.9 Å². The first-order valence-corrected chi connectivity index (χ1v) is 8.71. The van der Waals surface area contributed by atoms with Gasteiger partial charge in [0, 0.05) is 25.7 Å². The summed E-state index contributed by atoms with van der Waals surface area (Å²) in [6.45, 7) is 2.74. The van der Waals surface area contributed by atoms with Crippen LogP contribution in [0.2, 0.25) is 0 Å². The fourth-order valence-corrected chi connectivity index (χ4v) is 3.17. The average Bonchev–Trinajstić information content (AvgIpc) is 2.87. The van der Waals surface area contributed by atoms with Gasteiger partial charge in [-0.1, -0.05) is 0 Å². The lowest BCUT2D eigenvalue weighted by Gasteiger charge is -2.29. The van der Waals surface area contributed by atoms with Crippen LogP contribution in [-0.2, 0) is 20.4 Å². The number of benzene rings is 1. The number of carbonyl (C=O) groups is 1. The van der Waals surface area contributed by atoms with Crippen LogP contribution in [0.1, 0.15) is 18.4 Å². The van der Waals surface area contributed by atoms with Crippen molar-refractivity contribution in [1.82, 2.24) is 4.90 Å². The number of alkyl halides is 3. The van der Waals surface area contributed by atoms with Crippen LogP contribution >= 0.6 is 0 Å². The summed E-state index contributed by atoms with van der Waals surface area (Å²) in [5.74, 6) is 0.348. The molecule has 0 bridgehead atoms. The fraction of sp³-hybridized carbons (Fsp3) is 0.611. The van der Waals surface area contributed by atoms with Crippen molar-refractivity contribution in [2.45, 2.75) is 25.1 Å². The van der Waals surface area contributed by atoms with Crippen LogP contribution in [0.25, 0.3) is 0 Å². The molecule has 2 aliphatic rings. The molecule has 0 spiro atoms. The number of hydrogen-bond acceptors (Lipinski definition) is 4. The number of nitrogens with zero attached hydrogens (tertiary/aromatic N) is 1. The van der Waals surface area contributed by atoms with E-state index < -0.39 is 17.8 Å². The summed E-state index contributed by atoms with van der Waals surface area (Å²) in [4.78, 5) is 14.4. The van der Waals surface area contributed by atoms with E-state index in [0.717, 1.165) is 12.1 Å². The Bertz CT molecular complexity index is 599. The molecule has 0 radical (unpaired) electrons. The Morgan fingerprint density at radius 2 is 1.77 bits per heavy atom. The molecular formula is C18H22F3NO4. The van der Waals surface area contributed by atoms with E-state index >= 15 is 0 Å². The monoisotopic (exact) mass is 373 g/mol. The summed E-state index contributed by atoms with van der Waals surface area (Å²) in [7, 11) is 0. The first-order valence-electron chi connectivity index (χ1n) is 8.71. The van der Waals surface area contributed by atoms with Crippen LogP contribution in [0.4, 0.5) is 13.2 Å². The molecule has 0 aliphatic carbocycles. The molecular weight excluding hydrogens is 351 g/mol.